The van der Waals surface area contributed by atoms with E-state index in [1.54, 1.807) is 24.2 Å². The van der Waals surface area contributed by atoms with E-state index in [2.05, 4.69) is 9.88 Å². The number of β-amino-alcohol motifs (C(OH)–C–C–N with tert-alkyl or cyclic N) is 1. The highest BCUT2D eigenvalue weighted by Gasteiger charge is 2.43. The number of carbonyl (C=O) groups excluding carboxylic acids is 1. The molecule has 0 radical (unpaired) electrons. The first-order chi connectivity index (χ1) is 13.6. The van der Waals surface area contributed by atoms with Gasteiger partial charge in [0.1, 0.15) is 0 Å². The van der Waals surface area contributed by atoms with Gasteiger partial charge in [-0.2, -0.15) is 0 Å². The molecule has 1 amide bonds. The molecule has 1 aromatic rings. The summed E-state index contributed by atoms with van der Waals surface area (Å²) in [6.07, 6.45) is 8.28. The lowest BCUT2D eigenvalue weighted by atomic mass is 9.71. The lowest BCUT2D eigenvalue weighted by Crippen LogP contribution is -2.57. The molecule has 1 unspecified atom stereocenters. The summed E-state index contributed by atoms with van der Waals surface area (Å²) in [6.45, 7) is 5.14. The molecule has 6 nitrogen and oxygen atoms in total. The molecule has 1 N–H and O–H groups in total. The van der Waals surface area contributed by atoms with Crippen molar-refractivity contribution < 1.29 is 14.6 Å². The third kappa shape index (κ3) is 4.87. The Balaban J connectivity index is 1.30. The number of piperidine rings is 2. The van der Waals surface area contributed by atoms with Crippen LogP contribution in [0.2, 0.25) is 0 Å². The summed E-state index contributed by atoms with van der Waals surface area (Å²) in [7, 11) is 0. The van der Waals surface area contributed by atoms with Crippen LogP contribution in [0.1, 0.15) is 32.1 Å². The normalized spacial score (nSPS) is 26.5. The zero-order chi connectivity index (χ0) is 19.4. The first-order valence-corrected chi connectivity index (χ1v) is 11.4. The quantitative estimate of drug-likeness (QED) is 0.774. The van der Waals surface area contributed by atoms with E-state index in [9.17, 15) is 9.90 Å². The third-order valence-corrected chi connectivity index (χ3v) is 7.55. The highest BCUT2D eigenvalue weighted by atomic mass is 32.2. The van der Waals surface area contributed by atoms with E-state index in [0.29, 0.717) is 11.8 Å². The van der Waals surface area contributed by atoms with E-state index >= 15 is 0 Å². The Morgan fingerprint density at radius 1 is 1.25 bits per heavy atom. The van der Waals surface area contributed by atoms with Gasteiger partial charge in [0.2, 0.25) is 5.91 Å². The number of aromatic nitrogens is 1. The molecule has 0 aromatic carbocycles. The van der Waals surface area contributed by atoms with Gasteiger partial charge in [0.25, 0.3) is 0 Å². The zero-order valence-corrected chi connectivity index (χ0v) is 17.3. The molecule has 3 saturated heterocycles. The standard InChI is InChI=1S/C21H31N3O3S/c25-18-13-21(16-24(14-18)17-3-11-27-12-4-17)5-9-23(10-6-21)20(26)15-28-19-1-7-22-8-2-19/h1-2,7-8,17-18,25H,3-6,9-16H2. The fraction of sp³-hybridized carbons (Fsp3) is 0.714. The minimum atomic E-state index is -0.249. The SMILES string of the molecule is O=C(CSc1ccncc1)N1CCC2(CC1)CC(O)CN(C1CCOCC1)C2. The highest BCUT2D eigenvalue weighted by molar-refractivity contribution is 8.00. The zero-order valence-electron chi connectivity index (χ0n) is 16.5. The van der Waals surface area contributed by atoms with Crippen LogP contribution in [-0.4, -0.2) is 83.1 Å². The van der Waals surface area contributed by atoms with Crippen LogP contribution in [0.3, 0.4) is 0 Å². The monoisotopic (exact) mass is 405 g/mol. The van der Waals surface area contributed by atoms with E-state index in [4.69, 9.17) is 4.74 Å². The maximum Gasteiger partial charge on any atom is 0.232 e. The number of rotatable bonds is 4. The average Bonchev–Trinajstić information content (AvgIpc) is 2.73. The molecule has 0 aliphatic carbocycles. The molecule has 0 saturated carbocycles. The molecule has 0 bridgehead atoms. The molecule has 7 heteroatoms. The van der Waals surface area contributed by atoms with E-state index in [-0.39, 0.29) is 17.4 Å². The summed E-state index contributed by atoms with van der Waals surface area (Å²) >= 11 is 1.58. The fourth-order valence-corrected chi connectivity index (χ4v) is 5.77. The summed E-state index contributed by atoms with van der Waals surface area (Å²) in [5, 5.41) is 10.6. The summed E-state index contributed by atoms with van der Waals surface area (Å²) in [6, 6.07) is 4.42. The largest absolute Gasteiger partial charge is 0.392 e. The van der Waals surface area contributed by atoms with Gasteiger partial charge in [-0.25, -0.2) is 0 Å². The van der Waals surface area contributed by atoms with Gasteiger partial charge in [0.15, 0.2) is 0 Å². The van der Waals surface area contributed by atoms with Crippen LogP contribution in [-0.2, 0) is 9.53 Å². The third-order valence-electron chi connectivity index (χ3n) is 6.55. The maximum absolute atomic E-state index is 12.6. The Labute approximate surface area is 171 Å². The van der Waals surface area contributed by atoms with Crippen molar-refractivity contribution in [2.45, 2.75) is 49.1 Å². The van der Waals surface area contributed by atoms with Crippen molar-refractivity contribution in [3.05, 3.63) is 24.5 Å². The van der Waals surface area contributed by atoms with Crippen LogP contribution >= 0.6 is 11.8 Å². The van der Waals surface area contributed by atoms with Crippen molar-refractivity contribution in [3.8, 4) is 0 Å². The molecule has 1 atom stereocenters. The van der Waals surface area contributed by atoms with Crippen molar-refractivity contribution in [1.29, 1.82) is 0 Å². The number of amides is 1. The first kappa shape index (κ1) is 20.1. The second-order valence-electron chi connectivity index (χ2n) is 8.48. The molecule has 1 spiro atoms. The predicted octanol–water partition coefficient (Wildman–Crippen LogP) is 2.03. The molecule has 3 aliphatic rings. The number of aliphatic hydroxyl groups is 1. The Morgan fingerprint density at radius 2 is 1.96 bits per heavy atom. The fourth-order valence-electron chi connectivity index (χ4n) is 4.99. The number of hydrogen-bond donors (Lipinski definition) is 1. The summed E-state index contributed by atoms with van der Waals surface area (Å²) in [5.74, 6) is 0.697. The van der Waals surface area contributed by atoms with E-state index in [0.717, 1.165) is 76.4 Å². The van der Waals surface area contributed by atoms with Crippen LogP contribution in [0.4, 0.5) is 0 Å². The van der Waals surface area contributed by atoms with Gasteiger partial charge in [-0.3, -0.25) is 14.7 Å². The minimum Gasteiger partial charge on any atom is -0.392 e. The lowest BCUT2D eigenvalue weighted by Gasteiger charge is -2.51. The Morgan fingerprint density at radius 3 is 2.68 bits per heavy atom. The summed E-state index contributed by atoms with van der Waals surface area (Å²) in [5.41, 5.74) is 0.158. The van der Waals surface area contributed by atoms with Gasteiger partial charge in [-0.1, -0.05) is 0 Å². The van der Waals surface area contributed by atoms with Crippen LogP contribution in [0.5, 0.6) is 0 Å². The smallest absolute Gasteiger partial charge is 0.232 e. The molecule has 4 heterocycles. The van der Waals surface area contributed by atoms with Gasteiger partial charge >= 0.3 is 0 Å². The van der Waals surface area contributed by atoms with Crippen molar-refractivity contribution >= 4 is 17.7 Å². The molecular formula is C21H31N3O3S. The van der Waals surface area contributed by atoms with Gasteiger partial charge in [-0.05, 0) is 49.7 Å². The van der Waals surface area contributed by atoms with Crippen molar-refractivity contribution in [2.75, 3.05) is 45.1 Å². The Kier molecular flexibility index (Phi) is 6.55. The van der Waals surface area contributed by atoms with Gasteiger partial charge in [-0.15, -0.1) is 11.8 Å². The van der Waals surface area contributed by atoms with E-state index in [1.807, 2.05) is 17.0 Å². The number of nitrogens with zero attached hydrogens (tertiary/aromatic N) is 3. The van der Waals surface area contributed by atoms with Crippen molar-refractivity contribution in [2.24, 2.45) is 5.41 Å². The molecule has 1 aromatic heterocycles. The van der Waals surface area contributed by atoms with E-state index < -0.39 is 0 Å². The molecule has 4 rings (SSSR count). The number of pyridine rings is 1. The van der Waals surface area contributed by atoms with Crippen LogP contribution < -0.4 is 0 Å². The highest BCUT2D eigenvalue weighted by Crippen LogP contribution is 2.41. The van der Waals surface area contributed by atoms with Crippen LogP contribution in [0.15, 0.2) is 29.4 Å². The van der Waals surface area contributed by atoms with Crippen LogP contribution in [0, 0.1) is 5.41 Å². The van der Waals surface area contributed by atoms with Gasteiger partial charge in [0, 0.05) is 62.7 Å². The lowest BCUT2D eigenvalue weighted by molar-refractivity contribution is -0.133. The molecule has 3 fully saturated rings. The Hall–Kier alpha value is -1.15. The number of ether oxygens (including phenoxy) is 1. The Bertz CT molecular complexity index is 646. The summed E-state index contributed by atoms with van der Waals surface area (Å²) < 4.78 is 5.51. The molecule has 154 valence electrons. The number of likely N-dealkylation sites (tertiary alicyclic amines) is 2. The number of aliphatic hydroxyl groups excluding tert-OH is 1. The second kappa shape index (κ2) is 9.11. The average molecular weight is 406 g/mol. The second-order valence-corrected chi connectivity index (χ2v) is 9.53. The van der Waals surface area contributed by atoms with Crippen molar-refractivity contribution in [3.63, 3.8) is 0 Å². The maximum atomic E-state index is 12.6. The number of thioether (sulfide) groups is 1. The van der Waals surface area contributed by atoms with Gasteiger partial charge in [0.05, 0.1) is 11.9 Å². The van der Waals surface area contributed by atoms with Crippen LogP contribution in [0.25, 0.3) is 0 Å². The minimum absolute atomic E-state index is 0.158. The van der Waals surface area contributed by atoms with E-state index in [1.165, 1.54) is 0 Å². The predicted molar refractivity (Wildman–Crippen MR) is 109 cm³/mol. The molecule has 28 heavy (non-hydrogen) atoms. The van der Waals surface area contributed by atoms with Gasteiger partial charge < -0.3 is 14.7 Å². The topological polar surface area (TPSA) is 65.9 Å². The summed E-state index contributed by atoms with van der Waals surface area (Å²) in [4.78, 5) is 22.3. The first-order valence-electron chi connectivity index (χ1n) is 10.4. The number of carbonyl (C=O) groups is 1. The van der Waals surface area contributed by atoms with Crippen molar-refractivity contribution in [1.82, 2.24) is 14.8 Å². The molecule has 3 aliphatic heterocycles. The number of hydrogen-bond acceptors (Lipinski definition) is 6. The molecular weight excluding hydrogens is 374 g/mol.